The molecule has 0 bridgehead atoms. The predicted molar refractivity (Wildman–Crippen MR) is 85.4 cm³/mol. The minimum Gasteiger partial charge on any atom is -0.488 e. The quantitative estimate of drug-likeness (QED) is 0.790. The number of hydrogen-bond donors (Lipinski definition) is 0. The van der Waals surface area contributed by atoms with Crippen molar-refractivity contribution in [3.63, 3.8) is 0 Å². The molecule has 1 aliphatic heterocycles. The van der Waals surface area contributed by atoms with Gasteiger partial charge in [0.2, 0.25) is 0 Å². The van der Waals surface area contributed by atoms with Crippen molar-refractivity contribution in [1.29, 1.82) is 0 Å². The van der Waals surface area contributed by atoms with E-state index in [0.29, 0.717) is 13.0 Å². The van der Waals surface area contributed by atoms with E-state index in [1.54, 1.807) is 0 Å². The molecule has 0 aliphatic carbocycles. The molecule has 0 spiro atoms. The summed E-state index contributed by atoms with van der Waals surface area (Å²) in [4.78, 5) is 12.4. The average molecular weight is 296 g/mol. The zero-order valence-corrected chi connectivity index (χ0v) is 12.5. The first-order chi connectivity index (χ1) is 10.8. The molecule has 1 heterocycles. The molecular weight excluding hydrogens is 276 g/mol. The van der Waals surface area contributed by atoms with Gasteiger partial charge >= 0.3 is 0 Å². The maximum Gasteiger partial charge on any atom is 0.167 e. The molecule has 0 saturated carbocycles. The summed E-state index contributed by atoms with van der Waals surface area (Å²) in [5.74, 6) is 0.902. The van der Waals surface area contributed by atoms with E-state index >= 15 is 0 Å². The van der Waals surface area contributed by atoms with Crippen molar-refractivity contribution in [3.8, 4) is 5.75 Å². The Bertz CT molecular complexity index is 616. The minimum absolute atomic E-state index is 0.0849. The van der Waals surface area contributed by atoms with Gasteiger partial charge in [0.1, 0.15) is 11.9 Å². The summed E-state index contributed by atoms with van der Waals surface area (Å²) in [7, 11) is 0. The third-order valence-electron chi connectivity index (χ3n) is 3.83. The topological polar surface area (TPSA) is 35.5 Å². The molecule has 1 fully saturated rings. The van der Waals surface area contributed by atoms with Crippen LogP contribution in [0.2, 0.25) is 0 Å². The molecule has 3 heteroatoms. The molecule has 0 amide bonds. The van der Waals surface area contributed by atoms with Crippen LogP contribution in [0.25, 0.3) is 0 Å². The Labute approximate surface area is 130 Å². The van der Waals surface area contributed by atoms with E-state index < -0.39 is 0 Å². The fourth-order valence-corrected chi connectivity index (χ4v) is 2.65. The summed E-state index contributed by atoms with van der Waals surface area (Å²) in [6.07, 6.45) is 2.46. The van der Waals surface area contributed by atoms with E-state index in [1.807, 2.05) is 54.6 Å². The molecule has 0 N–H and O–H groups in total. The Kier molecular flexibility index (Phi) is 4.86. The highest BCUT2D eigenvalue weighted by Gasteiger charge is 2.18. The molecule has 3 rings (SSSR count). The van der Waals surface area contributed by atoms with Gasteiger partial charge in [0.15, 0.2) is 5.78 Å². The van der Waals surface area contributed by atoms with Crippen LogP contribution in [0.15, 0.2) is 54.6 Å². The SMILES string of the molecule is O=C(Cc1ccccc1OC1CCCOC1)c1ccccc1. The second-order valence-electron chi connectivity index (χ2n) is 5.53. The normalized spacial score (nSPS) is 17.9. The average Bonchev–Trinajstić information content (AvgIpc) is 2.58. The summed E-state index contributed by atoms with van der Waals surface area (Å²) < 4.78 is 11.5. The second-order valence-corrected chi connectivity index (χ2v) is 5.53. The molecule has 2 aromatic carbocycles. The fourth-order valence-electron chi connectivity index (χ4n) is 2.65. The first kappa shape index (κ1) is 14.8. The molecule has 22 heavy (non-hydrogen) atoms. The minimum atomic E-state index is 0.0849. The van der Waals surface area contributed by atoms with Gasteiger partial charge in [-0.15, -0.1) is 0 Å². The molecule has 1 aliphatic rings. The number of benzene rings is 2. The van der Waals surface area contributed by atoms with Gasteiger partial charge in [0.25, 0.3) is 0 Å². The van der Waals surface area contributed by atoms with E-state index in [1.165, 1.54) is 0 Å². The smallest absolute Gasteiger partial charge is 0.167 e. The zero-order valence-electron chi connectivity index (χ0n) is 12.5. The van der Waals surface area contributed by atoms with Crippen LogP contribution >= 0.6 is 0 Å². The molecule has 1 unspecified atom stereocenters. The molecule has 2 aromatic rings. The molecular formula is C19H20O3. The van der Waals surface area contributed by atoms with Crippen molar-refractivity contribution in [2.24, 2.45) is 0 Å². The number of Topliss-reactive ketones (excluding diaryl/α,β-unsaturated/α-hetero) is 1. The Morgan fingerprint density at radius 3 is 2.64 bits per heavy atom. The van der Waals surface area contributed by atoms with E-state index in [-0.39, 0.29) is 11.9 Å². The van der Waals surface area contributed by atoms with Gasteiger partial charge in [-0.25, -0.2) is 0 Å². The highest BCUT2D eigenvalue weighted by atomic mass is 16.5. The van der Waals surface area contributed by atoms with E-state index in [4.69, 9.17) is 9.47 Å². The Morgan fingerprint density at radius 1 is 1.09 bits per heavy atom. The van der Waals surface area contributed by atoms with Crippen molar-refractivity contribution in [3.05, 3.63) is 65.7 Å². The van der Waals surface area contributed by atoms with Gasteiger partial charge in [0.05, 0.1) is 6.61 Å². The standard InChI is InChI=1S/C19H20O3/c20-18(15-7-2-1-3-8-15)13-16-9-4-5-11-19(16)22-17-10-6-12-21-14-17/h1-5,7-9,11,17H,6,10,12-14H2. The van der Waals surface area contributed by atoms with Gasteiger partial charge in [-0.3, -0.25) is 4.79 Å². The van der Waals surface area contributed by atoms with Crippen LogP contribution in [0, 0.1) is 0 Å². The molecule has 1 atom stereocenters. The van der Waals surface area contributed by atoms with Crippen molar-refractivity contribution in [1.82, 2.24) is 0 Å². The lowest BCUT2D eigenvalue weighted by atomic mass is 10.0. The number of ether oxygens (including phenoxy) is 2. The van der Waals surface area contributed by atoms with Crippen LogP contribution in [-0.4, -0.2) is 25.1 Å². The third-order valence-corrected chi connectivity index (χ3v) is 3.83. The van der Waals surface area contributed by atoms with Crippen molar-refractivity contribution in [2.75, 3.05) is 13.2 Å². The Balaban J connectivity index is 1.72. The zero-order chi connectivity index (χ0) is 15.2. The van der Waals surface area contributed by atoms with Crippen LogP contribution in [0.4, 0.5) is 0 Å². The highest BCUT2D eigenvalue weighted by molar-refractivity contribution is 5.97. The van der Waals surface area contributed by atoms with Gasteiger partial charge < -0.3 is 9.47 Å². The van der Waals surface area contributed by atoms with Crippen LogP contribution in [-0.2, 0) is 11.2 Å². The number of carbonyl (C=O) groups is 1. The number of para-hydroxylation sites is 1. The number of carbonyl (C=O) groups excluding carboxylic acids is 1. The van der Waals surface area contributed by atoms with E-state index in [0.717, 1.165) is 36.3 Å². The molecule has 0 aromatic heterocycles. The van der Waals surface area contributed by atoms with Gasteiger partial charge in [-0.2, -0.15) is 0 Å². The van der Waals surface area contributed by atoms with Crippen LogP contribution in [0.1, 0.15) is 28.8 Å². The van der Waals surface area contributed by atoms with Crippen molar-refractivity contribution < 1.29 is 14.3 Å². The van der Waals surface area contributed by atoms with Crippen LogP contribution in [0.3, 0.4) is 0 Å². The van der Waals surface area contributed by atoms with E-state index in [2.05, 4.69) is 0 Å². The van der Waals surface area contributed by atoms with Crippen LogP contribution in [0.5, 0.6) is 5.75 Å². The highest BCUT2D eigenvalue weighted by Crippen LogP contribution is 2.23. The molecule has 0 radical (unpaired) electrons. The van der Waals surface area contributed by atoms with Gasteiger partial charge in [-0.1, -0.05) is 48.5 Å². The summed E-state index contributed by atoms with van der Waals surface area (Å²) in [5, 5.41) is 0. The lowest BCUT2D eigenvalue weighted by molar-refractivity contribution is 0.00705. The van der Waals surface area contributed by atoms with Crippen molar-refractivity contribution in [2.45, 2.75) is 25.4 Å². The Morgan fingerprint density at radius 2 is 1.86 bits per heavy atom. The molecule has 114 valence electrons. The van der Waals surface area contributed by atoms with E-state index in [9.17, 15) is 4.79 Å². The summed E-state index contributed by atoms with van der Waals surface area (Å²) in [6, 6.07) is 17.2. The summed E-state index contributed by atoms with van der Waals surface area (Å²) >= 11 is 0. The lowest BCUT2D eigenvalue weighted by Gasteiger charge is -2.24. The number of rotatable bonds is 5. The van der Waals surface area contributed by atoms with Crippen LogP contribution < -0.4 is 4.74 Å². The number of hydrogen-bond acceptors (Lipinski definition) is 3. The largest absolute Gasteiger partial charge is 0.488 e. The number of ketones is 1. The third kappa shape index (κ3) is 3.74. The maximum atomic E-state index is 12.4. The summed E-state index contributed by atoms with van der Waals surface area (Å²) in [6.45, 7) is 1.44. The molecule has 1 saturated heterocycles. The lowest BCUT2D eigenvalue weighted by Crippen LogP contribution is -2.28. The fraction of sp³-hybridized carbons (Fsp3) is 0.316. The monoisotopic (exact) mass is 296 g/mol. The first-order valence-corrected chi connectivity index (χ1v) is 7.73. The van der Waals surface area contributed by atoms with Gasteiger partial charge in [0, 0.05) is 24.2 Å². The van der Waals surface area contributed by atoms with Gasteiger partial charge in [-0.05, 0) is 18.9 Å². The Hall–Kier alpha value is -2.13. The maximum absolute atomic E-state index is 12.4. The van der Waals surface area contributed by atoms with Crippen molar-refractivity contribution >= 4 is 5.78 Å². The second kappa shape index (κ2) is 7.23. The predicted octanol–water partition coefficient (Wildman–Crippen LogP) is 3.67. The summed E-state index contributed by atoms with van der Waals surface area (Å²) in [5.41, 5.74) is 1.67. The molecule has 3 nitrogen and oxygen atoms in total. The first-order valence-electron chi connectivity index (χ1n) is 7.73.